The lowest BCUT2D eigenvalue weighted by molar-refractivity contribution is 0.178. The van der Waals surface area contributed by atoms with Gasteiger partial charge in [-0.25, -0.2) is 0 Å². The van der Waals surface area contributed by atoms with E-state index in [1.807, 2.05) is 0 Å². The van der Waals surface area contributed by atoms with E-state index in [2.05, 4.69) is 108 Å². The highest BCUT2D eigenvalue weighted by atomic mass is 16.5. The summed E-state index contributed by atoms with van der Waals surface area (Å²) in [6, 6.07) is 25.0. The fourth-order valence-electron chi connectivity index (χ4n) is 7.21. The quantitative estimate of drug-likeness (QED) is 0.114. The van der Waals surface area contributed by atoms with Gasteiger partial charge in [-0.05, 0) is 94.0 Å². The number of hydrogen-bond acceptors (Lipinski definition) is 5. The molecule has 0 aliphatic heterocycles. The van der Waals surface area contributed by atoms with Gasteiger partial charge in [0.15, 0.2) is 0 Å². The Morgan fingerprint density at radius 2 is 0.980 bits per heavy atom. The Bertz CT molecular complexity index is 1610. The van der Waals surface area contributed by atoms with Crippen molar-refractivity contribution in [1.82, 2.24) is 0 Å². The summed E-state index contributed by atoms with van der Waals surface area (Å²) < 4.78 is 22.4. The fourth-order valence-corrected chi connectivity index (χ4v) is 7.21. The van der Waals surface area contributed by atoms with E-state index < -0.39 is 5.41 Å². The summed E-state index contributed by atoms with van der Waals surface area (Å²) in [5, 5.41) is 11.3. The molecule has 0 spiro atoms. The summed E-state index contributed by atoms with van der Waals surface area (Å²) in [5.74, 6) is 0.338. The third kappa shape index (κ3) is 8.29. The molecule has 0 radical (unpaired) electrons. The first kappa shape index (κ1) is 38.3. The van der Waals surface area contributed by atoms with Gasteiger partial charge in [-0.3, -0.25) is 0 Å². The Kier molecular flexibility index (Phi) is 13.3. The van der Waals surface area contributed by atoms with Crippen molar-refractivity contribution in [1.29, 1.82) is 0 Å². The lowest BCUT2D eigenvalue weighted by atomic mass is 9.68. The van der Waals surface area contributed by atoms with Crippen LogP contribution in [0.3, 0.4) is 0 Å². The molecule has 0 aliphatic carbocycles. The number of hydrogen-bond donors (Lipinski definition) is 1. The van der Waals surface area contributed by atoms with Crippen molar-refractivity contribution in [3.05, 3.63) is 133 Å². The number of ether oxygens (including phenoxy) is 4. The molecule has 0 saturated carbocycles. The Labute approximate surface area is 295 Å². The van der Waals surface area contributed by atoms with Gasteiger partial charge in [0.25, 0.3) is 0 Å². The zero-order valence-electron chi connectivity index (χ0n) is 31.6. The minimum absolute atomic E-state index is 0.265. The molecule has 0 heterocycles. The van der Waals surface area contributed by atoms with Crippen LogP contribution in [-0.4, -0.2) is 33.5 Å². The molecule has 1 atom stereocenters. The predicted molar refractivity (Wildman–Crippen MR) is 201 cm³/mol. The second-order valence-corrected chi connectivity index (χ2v) is 14.2. The summed E-state index contributed by atoms with van der Waals surface area (Å²) in [6.07, 6.45) is 3.78. The second kappa shape index (κ2) is 17.0. The first-order valence-electron chi connectivity index (χ1n) is 17.7. The van der Waals surface area contributed by atoms with Crippen LogP contribution in [0.5, 0.6) is 5.75 Å². The zero-order valence-corrected chi connectivity index (χ0v) is 31.6. The van der Waals surface area contributed by atoms with E-state index >= 15 is 0 Å². The van der Waals surface area contributed by atoms with Crippen molar-refractivity contribution in [2.24, 2.45) is 0 Å². The number of phenols is 1. The van der Waals surface area contributed by atoms with E-state index in [0.717, 1.165) is 47.9 Å². The SMILES string of the molecule is CCCc1cc(COC)cc(C(C)(c2ccc(C(C)(C)c3cc(COC)c(C)c(COC)c3)cc2)c2cc(CCC)c(O)c(COC)c2)c1. The van der Waals surface area contributed by atoms with Crippen LogP contribution in [0, 0.1) is 6.92 Å². The summed E-state index contributed by atoms with van der Waals surface area (Å²) in [6.45, 7) is 15.4. The zero-order chi connectivity index (χ0) is 35.8. The molecule has 5 heteroatoms. The summed E-state index contributed by atoms with van der Waals surface area (Å²) >= 11 is 0. The summed E-state index contributed by atoms with van der Waals surface area (Å²) in [7, 11) is 6.93. The summed E-state index contributed by atoms with van der Waals surface area (Å²) in [4.78, 5) is 0. The Morgan fingerprint density at radius 3 is 1.53 bits per heavy atom. The molecule has 4 aromatic rings. The first-order chi connectivity index (χ1) is 23.5. The topological polar surface area (TPSA) is 57.2 Å². The van der Waals surface area contributed by atoms with Crippen LogP contribution in [0.15, 0.2) is 66.7 Å². The van der Waals surface area contributed by atoms with E-state index in [1.165, 1.54) is 44.5 Å². The number of aromatic hydroxyl groups is 1. The first-order valence-corrected chi connectivity index (χ1v) is 17.7. The molecule has 5 nitrogen and oxygen atoms in total. The molecule has 0 aromatic heterocycles. The van der Waals surface area contributed by atoms with Crippen LogP contribution in [0.25, 0.3) is 0 Å². The third-order valence-corrected chi connectivity index (χ3v) is 10.3. The maximum Gasteiger partial charge on any atom is 0.124 e. The monoisotopic (exact) mass is 666 g/mol. The molecule has 0 bridgehead atoms. The number of aryl methyl sites for hydroxylation is 2. The van der Waals surface area contributed by atoms with Gasteiger partial charge in [0.05, 0.1) is 26.4 Å². The molecular weight excluding hydrogens is 608 g/mol. The molecule has 4 rings (SSSR count). The summed E-state index contributed by atoms with van der Waals surface area (Å²) in [5.41, 5.74) is 13.0. The van der Waals surface area contributed by atoms with Gasteiger partial charge >= 0.3 is 0 Å². The maximum absolute atomic E-state index is 11.3. The van der Waals surface area contributed by atoms with Crippen LogP contribution in [0.1, 0.15) is 114 Å². The highest BCUT2D eigenvalue weighted by Gasteiger charge is 2.34. The van der Waals surface area contributed by atoms with E-state index in [4.69, 9.17) is 18.9 Å². The molecule has 1 N–H and O–H groups in total. The molecular formula is C44H58O5. The van der Waals surface area contributed by atoms with Crippen LogP contribution in [0.4, 0.5) is 0 Å². The Balaban J connectivity index is 1.95. The smallest absolute Gasteiger partial charge is 0.124 e. The van der Waals surface area contributed by atoms with Crippen molar-refractivity contribution in [3.63, 3.8) is 0 Å². The van der Waals surface area contributed by atoms with Crippen LogP contribution in [-0.2, 0) is 69.0 Å². The lowest BCUT2D eigenvalue weighted by Gasteiger charge is -2.35. The molecule has 4 aromatic carbocycles. The van der Waals surface area contributed by atoms with Gasteiger partial charge in [0, 0.05) is 44.8 Å². The molecule has 0 saturated heterocycles. The minimum Gasteiger partial charge on any atom is -0.507 e. The van der Waals surface area contributed by atoms with Crippen molar-refractivity contribution in [2.45, 2.75) is 104 Å². The highest BCUT2D eigenvalue weighted by molar-refractivity contribution is 5.57. The van der Waals surface area contributed by atoms with Crippen molar-refractivity contribution < 1.29 is 24.1 Å². The molecule has 0 amide bonds. The van der Waals surface area contributed by atoms with Gasteiger partial charge in [-0.15, -0.1) is 0 Å². The third-order valence-electron chi connectivity index (χ3n) is 10.3. The van der Waals surface area contributed by atoms with Gasteiger partial charge in [0.1, 0.15) is 5.75 Å². The normalized spacial score (nSPS) is 13.1. The Morgan fingerprint density at radius 1 is 0.510 bits per heavy atom. The van der Waals surface area contributed by atoms with Crippen LogP contribution in [0.2, 0.25) is 0 Å². The average Bonchev–Trinajstić information content (AvgIpc) is 3.08. The van der Waals surface area contributed by atoms with Gasteiger partial charge in [-0.2, -0.15) is 0 Å². The number of phenolic OH excluding ortho intramolecular Hbond substituents is 1. The maximum atomic E-state index is 11.3. The highest BCUT2D eigenvalue weighted by Crippen LogP contribution is 2.44. The lowest BCUT2D eigenvalue weighted by Crippen LogP contribution is -2.27. The van der Waals surface area contributed by atoms with E-state index in [-0.39, 0.29) is 5.41 Å². The van der Waals surface area contributed by atoms with Gasteiger partial charge in [-0.1, -0.05) is 101 Å². The van der Waals surface area contributed by atoms with Crippen molar-refractivity contribution >= 4 is 0 Å². The van der Waals surface area contributed by atoms with Crippen molar-refractivity contribution in [2.75, 3.05) is 28.4 Å². The molecule has 264 valence electrons. The number of rotatable bonds is 17. The fraction of sp³-hybridized carbons (Fsp3) is 0.455. The van der Waals surface area contributed by atoms with E-state index in [1.54, 1.807) is 28.4 Å². The molecule has 0 aliphatic rings. The van der Waals surface area contributed by atoms with Gasteiger partial charge in [0.2, 0.25) is 0 Å². The second-order valence-electron chi connectivity index (χ2n) is 14.2. The number of benzene rings is 4. The Hall–Kier alpha value is -3.48. The van der Waals surface area contributed by atoms with Crippen LogP contribution >= 0.6 is 0 Å². The minimum atomic E-state index is -0.519. The van der Waals surface area contributed by atoms with E-state index in [9.17, 15) is 5.11 Å². The predicted octanol–water partition coefficient (Wildman–Crippen LogP) is 9.87. The number of methoxy groups -OCH3 is 4. The molecule has 0 fully saturated rings. The average molecular weight is 667 g/mol. The largest absolute Gasteiger partial charge is 0.507 e. The van der Waals surface area contributed by atoms with Crippen LogP contribution < -0.4 is 0 Å². The van der Waals surface area contributed by atoms with Gasteiger partial charge < -0.3 is 24.1 Å². The van der Waals surface area contributed by atoms with E-state index in [0.29, 0.717) is 32.2 Å². The van der Waals surface area contributed by atoms with Crippen molar-refractivity contribution in [3.8, 4) is 5.75 Å². The molecule has 49 heavy (non-hydrogen) atoms. The standard InChI is InChI=1S/C44H58O5/c1-11-13-31-19-32(26-46-7)21-40(20-31)44(6,41-22-33(14-12-2)42(45)36(25-41)29-49-10)38-17-15-37(16-18-38)43(4,5)39-23-34(27-47-8)30(3)35(24-39)28-48-9/h15-25,45H,11-14,26-29H2,1-10H3. The molecule has 1 unspecified atom stereocenters.